The number of carbonyl (C=O) groups excluding carboxylic acids is 2. The van der Waals surface area contributed by atoms with Crippen LogP contribution in [0.3, 0.4) is 0 Å². The van der Waals surface area contributed by atoms with Crippen molar-refractivity contribution >= 4 is 23.5 Å². The summed E-state index contributed by atoms with van der Waals surface area (Å²) in [6.45, 7) is 4.72. The van der Waals surface area contributed by atoms with Crippen LogP contribution in [0.25, 0.3) is 0 Å². The van der Waals surface area contributed by atoms with Gasteiger partial charge in [0.25, 0.3) is 0 Å². The molecule has 5 heteroatoms. The van der Waals surface area contributed by atoms with Crippen LogP contribution in [0.1, 0.15) is 6.92 Å². The average Bonchev–Trinajstić information content (AvgIpc) is 1.87. The fraction of sp³-hybridized carbons (Fsp3) is 0.333. The Morgan fingerprint density at radius 2 is 2.00 bits per heavy atom. The molecule has 0 aliphatic heterocycles. The SMILES string of the molecule is C=C(C)C(=O)OC(=O)CCl.[Cu]. The number of hydrogen-bond acceptors (Lipinski definition) is 3. The molecule has 67 valence electrons. The predicted molar refractivity (Wildman–Crippen MR) is 36.6 cm³/mol. The fourth-order valence-corrected chi connectivity index (χ4v) is 0.272. The minimum absolute atomic E-state index is 0. The summed E-state index contributed by atoms with van der Waals surface area (Å²) in [7, 11) is 0. The van der Waals surface area contributed by atoms with Crippen molar-refractivity contribution in [3.63, 3.8) is 0 Å². The quantitative estimate of drug-likeness (QED) is 0.231. The molecule has 0 aromatic carbocycles. The van der Waals surface area contributed by atoms with Crippen molar-refractivity contribution in [1.82, 2.24) is 0 Å². The Labute approximate surface area is 80.2 Å². The van der Waals surface area contributed by atoms with E-state index in [2.05, 4.69) is 11.3 Å². The topological polar surface area (TPSA) is 43.4 Å². The van der Waals surface area contributed by atoms with Crippen LogP contribution in [0.15, 0.2) is 12.2 Å². The van der Waals surface area contributed by atoms with Gasteiger partial charge in [0.2, 0.25) is 0 Å². The van der Waals surface area contributed by atoms with Gasteiger partial charge >= 0.3 is 11.9 Å². The molecule has 0 amide bonds. The summed E-state index contributed by atoms with van der Waals surface area (Å²) >= 11 is 5.04. The second kappa shape index (κ2) is 6.40. The molecule has 0 unspecified atom stereocenters. The van der Waals surface area contributed by atoms with Crippen LogP contribution in [0, 0.1) is 0 Å². The van der Waals surface area contributed by atoms with E-state index in [0.717, 1.165) is 0 Å². The molecule has 0 aromatic rings. The first kappa shape index (κ1) is 13.3. The number of esters is 2. The van der Waals surface area contributed by atoms with Gasteiger partial charge in [0.15, 0.2) is 0 Å². The molecule has 0 aromatic heterocycles. The zero-order valence-corrected chi connectivity index (χ0v) is 7.52. The summed E-state index contributed by atoms with van der Waals surface area (Å²) in [6, 6.07) is 0. The van der Waals surface area contributed by atoms with Crippen molar-refractivity contribution < 1.29 is 31.4 Å². The van der Waals surface area contributed by atoms with Gasteiger partial charge in [-0.15, -0.1) is 11.6 Å². The number of carbonyl (C=O) groups is 2. The van der Waals surface area contributed by atoms with E-state index in [1.54, 1.807) is 0 Å². The molecule has 0 saturated heterocycles. The van der Waals surface area contributed by atoms with Gasteiger partial charge in [-0.25, -0.2) is 4.79 Å². The number of halogens is 1. The maximum atomic E-state index is 10.5. The number of ether oxygens (including phenoxy) is 1. The Bertz CT molecular complexity index is 179. The average molecular weight is 226 g/mol. The van der Waals surface area contributed by atoms with Gasteiger partial charge < -0.3 is 4.74 Å². The molecular weight excluding hydrogens is 219 g/mol. The van der Waals surface area contributed by atoms with Crippen LogP contribution < -0.4 is 0 Å². The number of rotatable bonds is 2. The maximum Gasteiger partial charge on any atom is 0.340 e. The molecule has 0 N–H and O–H groups in total. The first-order chi connectivity index (χ1) is 4.57. The van der Waals surface area contributed by atoms with Gasteiger partial charge in [0.1, 0.15) is 5.88 Å². The van der Waals surface area contributed by atoms with E-state index in [1.807, 2.05) is 0 Å². The molecule has 0 atom stereocenters. The zero-order valence-electron chi connectivity index (χ0n) is 5.82. The molecule has 0 aliphatic carbocycles. The van der Waals surface area contributed by atoms with E-state index in [4.69, 9.17) is 11.6 Å². The Morgan fingerprint density at radius 1 is 1.55 bits per heavy atom. The van der Waals surface area contributed by atoms with Crippen molar-refractivity contribution in [1.29, 1.82) is 0 Å². The smallest absolute Gasteiger partial charge is 0.340 e. The minimum Gasteiger partial charge on any atom is -0.389 e. The third kappa shape index (κ3) is 6.10. The molecule has 0 rings (SSSR count). The van der Waals surface area contributed by atoms with Crippen LogP contribution in [-0.4, -0.2) is 17.8 Å². The predicted octanol–water partition coefficient (Wildman–Crippen LogP) is 0.869. The van der Waals surface area contributed by atoms with Gasteiger partial charge in [0.05, 0.1) is 0 Å². The van der Waals surface area contributed by atoms with Gasteiger partial charge in [-0.1, -0.05) is 6.58 Å². The van der Waals surface area contributed by atoms with Gasteiger partial charge in [-0.2, -0.15) is 0 Å². The molecular formula is C6H7ClCuO3. The molecule has 0 saturated carbocycles. The van der Waals surface area contributed by atoms with Crippen LogP contribution in [0.4, 0.5) is 0 Å². The van der Waals surface area contributed by atoms with Gasteiger partial charge in [-0.3, -0.25) is 4.79 Å². The van der Waals surface area contributed by atoms with Crippen molar-refractivity contribution in [3.8, 4) is 0 Å². The number of alkyl halides is 1. The Morgan fingerprint density at radius 3 is 2.27 bits per heavy atom. The molecule has 0 bridgehead atoms. The van der Waals surface area contributed by atoms with E-state index < -0.39 is 11.9 Å². The standard InChI is InChI=1S/C6H7ClO3.Cu/c1-4(2)6(9)10-5(8)3-7;/h1,3H2,2H3;. The third-order valence-corrected chi connectivity index (χ3v) is 0.882. The van der Waals surface area contributed by atoms with E-state index in [0.29, 0.717) is 0 Å². The first-order valence-electron chi connectivity index (χ1n) is 2.54. The van der Waals surface area contributed by atoms with Crippen LogP contribution >= 0.6 is 11.6 Å². The molecule has 1 radical (unpaired) electrons. The van der Waals surface area contributed by atoms with Crippen molar-refractivity contribution in [2.24, 2.45) is 0 Å². The molecule has 11 heavy (non-hydrogen) atoms. The van der Waals surface area contributed by atoms with Crippen molar-refractivity contribution in [2.45, 2.75) is 6.92 Å². The Balaban J connectivity index is 0. The van der Waals surface area contributed by atoms with Crippen molar-refractivity contribution in [3.05, 3.63) is 12.2 Å². The summed E-state index contributed by atoms with van der Waals surface area (Å²) in [5.74, 6) is -1.81. The summed E-state index contributed by atoms with van der Waals surface area (Å²) in [5.41, 5.74) is 0.179. The molecule has 0 heterocycles. The van der Waals surface area contributed by atoms with Crippen LogP contribution in [0.5, 0.6) is 0 Å². The monoisotopic (exact) mass is 225 g/mol. The summed E-state index contributed by atoms with van der Waals surface area (Å²) in [5, 5.41) is 0. The van der Waals surface area contributed by atoms with E-state index in [1.165, 1.54) is 6.92 Å². The number of hydrogen-bond donors (Lipinski definition) is 0. The van der Waals surface area contributed by atoms with Crippen LogP contribution in [-0.2, 0) is 31.4 Å². The zero-order chi connectivity index (χ0) is 8.15. The van der Waals surface area contributed by atoms with E-state index in [9.17, 15) is 9.59 Å². The largest absolute Gasteiger partial charge is 0.389 e. The summed E-state index contributed by atoms with van der Waals surface area (Å²) < 4.78 is 4.15. The second-order valence-corrected chi connectivity index (χ2v) is 1.94. The first-order valence-corrected chi connectivity index (χ1v) is 3.08. The van der Waals surface area contributed by atoms with E-state index >= 15 is 0 Å². The second-order valence-electron chi connectivity index (χ2n) is 1.68. The Hall–Kier alpha value is -0.311. The Kier molecular flexibility index (Phi) is 7.74. The summed E-state index contributed by atoms with van der Waals surface area (Å²) in [6.07, 6.45) is 0. The fourth-order valence-electron chi connectivity index (χ4n) is 0.218. The van der Waals surface area contributed by atoms with Gasteiger partial charge in [-0.05, 0) is 6.92 Å². The normalized spacial score (nSPS) is 7.82. The maximum absolute atomic E-state index is 10.5. The summed E-state index contributed by atoms with van der Waals surface area (Å²) in [4.78, 5) is 20.8. The molecule has 0 fully saturated rings. The minimum atomic E-state index is -0.755. The third-order valence-electron chi connectivity index (χ3n) is 0.664. The van der Waals surface area contributed by atoms with E-state index in [-0.39, 0.29) is 28.5 Å². The van der Waals surface area contributed by atoms with Gasteiger partial charge in [0, 0.05) is 22.6 Å². The molecule has 3 nitrogen and oxygen atoms in total. The molecule has 0 aliphatic rings. The van der Waals surface area contributed by atoms with Crippen molar-refractivity contribution in [2.75, 3.05) is 5.88 Å². The van der Waals surface area contributed by atoms with Crippen LogP contribution in [0.2, 0.25) is 0 Å². The molecule has 0 spiro atoms.